The van der Waals surface area contributed by atoms with Crippen LogP contribution in [0, 0.1) is 6.92 Å². The van der Waals surface area contributed by atoms with Gasteiger partial charge < -0.3 is 5.32 Å². The summed E-state index contributed by atoms with van der Waals surface area (Å²) in [6.07, 6.45) is 1.04. The Morgan fingerprint density at radius 3 is 2.41 bits per heavy atom. The lowest BCUT2D eigenvalue weighted by atomic mass is 10.1. The average Bonchev–Trinajstić information content (AvgIpc) is 2.34. The molecule has 0 bridgehead atoms. The smallest absolute Gasteiger partial charge is 0.0407 e. The van der Waals surface area contributed by atoms with Gasteiger partial charge in [-0.05, 0) is 48.7 Å². The molecular weight excluding hydrogens is 230 g/mol. The lowest BCUT2D eigenvalue weighted by Gasteiger charge is -2.08. The number of anilines is 1. The van der Waals surface area contributed by atoms with Gasteiger partial charge in [-0.1, -0.05) is 35.9 Å². The molecule has 0 unspecified atom stereocenters. The van der Waals surface area contributed by atoms with E-state index in [0.717, 1.165) is 23.7 Å². The van der Waals surface area contributed by atoms with Crippen LogP contribution >= 0.6 is 11.6 Å². The van der Waals surface area contributed by atoms with Crippen LogP contribution in [-0.4, -0.2) is 6.54 Å². The highest BCUT2D eigenvalue weighted by Gasteiger charge is 1.97. The van der Waals surface area contributed by atoms with Crippen LogP contribution < -0.4 is 5.32 Å². The van der Waals surface area contributed by atoms with Crippen molar-refractivity contribution in [3.63, 3.8) is 0 Å². The predicted octanol–water partition coefficient (Wildman–Crippen LogP) is 4.30. The summed E-state index contributed by atoms with van der Waals surface area (Å²) < 4.78 is 0. The fraction of sp³-hybridized carbons (Fsp3) is 0.200. The maximum atomic E-state index is 5.83. The Morgan fingerprint density at radius 1 is 1.00 bits per heavy atom. The number of nitrogens with one attached hydrogen (secondary N) is 1. The minimum atomic E-state index is 0.773. The summed E-state index contributed by atoms with van der Waals surface area (Å²) in [4.78, 5) is 0. The monoisotopic (exact) mass is 245 g/mol. The van der Waals surface area contributed by atoms with Crippen LogP contribution in [0.5, 0.6) is 0 Å². The van der Waals surface area contributed by atoms with Crippen LogP contribution in [0.15, 0.2) is 48.5 Å². The van der Waals surface area contributed by atoms with E-state index in [-0.39, 0.29) is 0 Å². The van der Waals surface area contributed by atoms with Crippen LogP contribution in [0.4, 0.5) is 5.69 Å². The standard InChI is InChI=1S/C15H16ClN/c1-12-4-2-3-5-13(12)10-11-17-15-8-6-14(16)7-9-15/h2-9,17H,10-11H2,1H3. The van der Waals surface area contributed by atoms with Crippen molar-refractivity contribution < 1.29 is 0 Å². The van der Waals surface area contributed by atoms with E-state index in [1.807, 2.05) is 24.3 Å². The Kier molecular flexibility index (Phi) is 4.05. The van der Waals surface area contributed by atoms with E-state index in [0.29, 0.717) is 0 Å². The molecular formula is C15H16ClN. The van der Waals surface area contributed by atoms with Gasteiger partial charge in [-0.25, -0.2) is 0 Å². The third kappa shape index (κ3) is 3.50. The Hall–Kier alpha value is -1.47. The zero-order valence-electron chi connectivity index (χ0n) is 9.91. The van der Waals surface area contributed by atoms with E-state index in [1.165, 1.54) is 11.1 Å². The lowest BCUT2D eigenvalue weighted by molar-refractivity contribution is 1.01. The summed E-state index contributed by atoms with van der Waals surface area (Å²) in [5.41, 5.74) is 3.86. The second-order valence-electron chi connectivity index (χ2n) is 4.11. The molecule has 88 valence electrons. The SMILES string of the molecule is Cc1ccccc1CCNc1ccc(Cl)cc1. The highest BCUT2D eigenvalue weighted by Crippen LogP contribution is 2.14. The van der Waals surface area contributed by atoms with Gasteiger partial charge in [0.25, 0.3) is 0 Å². The largest absolute Gasteiger partial charge is 0.385 e. The molecule has 1 nitrogen and oxygen atoms in total. The van der Waals surface area contributed by atoms with Crippen molar-refractivity contribution in [1.82, 2.24) is 0 Å². The minimum Gasteiger partial charge on any atom is -0.385 e. The van der Waals surface area contributed by atoms with Crippen LogP contribution in [-0.2, 0) is 6.42 Å². The van der Waals surface area contributed by atoms with Crippen LogP contribution in [0.2, 0.25) is 5.02 Å². The molecule has 0 aliphatic heterocycles. The van der Waals surface area contributed by atoms with Gasteiger partial charge in [0.1, 0.15) is 0 Å². The maximum absolute atomic E-state index is 5.83. The Morgan fingerprint density at radius 2 is 1.71 bits per heavy atom. The van der Waals surface area contributed by atoms with Gasteiger partial charge in [0.2, 0.25) is 0 Å². The number of aryl methyl sites for hydroxylation is 1. The summed E-state index contributed by atoms with van der Waals surface area (Å²) in [7, 11) is 0. The molecule has 2 rings (SSSR count). The fourth-order valence-corrected chi connectivity index (χ4v) is 1.93. The van der Waals surface area contributed by atoms with Gasteiger partial charge in [0.15, 0.2) is 0 Å². The maximum Gasteiger partial charge on any atom is 0.0407 e. The van der Waals surface area contributed by atoms with Gasteiger partial charge in [-0.3, -0.25) is 0 Å². The Bertz CT molecular complexity index is 477. The second-order valence-corrected chi connectivity index (χ2v) is 4.55. The highest BCUT2D eigenvalue weighted by atomic mass is 35.5. The molecule has 0 amide bonds. The van der Waals surface area contributed by atoms with E-state index in [1.54, 1.807) is 0 Å². The molecule has 0 atom stereocenters. The molecule has 0 radical (unpaired) electrons. The van der Waals surface area contributed by atoms with Gasteiger partial charge in [0.05, 0.1) is 0 Å². The molecule has 0 aromatic heterocycles. The van der Waals surface area contributed by atoms with Crippen LogP contribution in [0.25, 0.3) is 0 Å². The van der Waals surface area contributed by atoms with Crippen molar-refractivity contribution in [2.45, 2.75) is 13.3 Å². The zero-order valence-corrected chi connectivity index (χ0v) is 10.7. The summed E-state index contributed by atoms with van der Waals surface area (Å²) in [6, 6.07) is 16.3. The molecule has 0 saturated heterocycles. The van der Waals surface area contributed by atoms with Crippen LogP contribution in [0.3, 0.4) is 0 Å². The molecule has 0 heterocycles. The van der Waals surface area contributed by atoms with Crippen molar-refractivity contribution in [2.75, 3.05) is 11.9 Å². The summed E-state index contributed by atoms with van der Waals surface area (Å²) in [5, 5.41) is 4.16. The van der Waals surface area contributed by atoms with Crippen molar-refractivity contribution >= 4 is 17.3 Å². The molecule has 0 spiro atoms. The lowest BCUT2D eigenvalue weighted by Crippen LogP contribution is -2.05. The molecule has 0 aliphatic carbocycles. The van der Waals surface area contributed by atoms with Crippen molar-refractivity contribution in [3.05, 3.63) is 64.7 Å². The third-order valence-corrected chi connectivity index (χ3v) is 3.08. The molecule has 0 fully saturated rings. The summed E-state index contributed by atoms with van der Waals surface area (Å²) >= 11 is 5.83. The molecule has 17 heavy (non-hydrogen) atoms. The van der Waals surface area contributed by atoms with Gasteiger partial charge in [0, 0.05) is 17.3 Å². The second kappa shape index (κ2) is 5.74. The number of halogens is 1. The average molecular weight is 246 g/mol. The van der Waals surface area contributed by atoms with Crippen molar-refractivity contribution in [3.8, 4) is 0 Å². The Labute approximate surface area is 107 Å². The first-order valence-corrected chi connectivity index (χ1v) is 6.17. The molecule has 1 N–H and O–H groups in total. The van der Waals surface area contributed by atoms with E-state index in [2.05, 4.69) is 36.5 Å². The molecule has 2 aromatic rings. The third-order valence-electron chi connectivity index (χ3n) is 2.83. The number of hydrogen-bond donors (Lipinski definition) is 1. The normalized spacial score (nSPS) is 10.2. The molecule has 0 aliphatic rings. The molecule has 0 saturated carbocycles. The zero-order chi connectivity index (χ0) is 12.1. The van der Waals surface area contributed by atoms with Crippen molar-refractivity contribution in [1.29, 1.82) is 0 Å². The van der Waals surface area contributed by atoms with Crippen LogP contribution in [0.1, 0.15) is 11.1 Å². The van der Waals surface area contributed by atoms with Crippen molar-refractivity contribution in [2.24, 2.45) is 0 Å². The molecule has 2 aromatic carbocycles. The quantitative estimate of drug-likeness (QED) is 0.847. The van der Waals surface area contributed by atoms with E-state index < -0.39 is 0 Å². The predicted molar refractivity (Wildman–Crippen MR) is 74.8 cm³/mol. The van der Waals surface area contributed by atoms with E-state index in [9.17, 15) is 0 Å². The van der Waals surface area contributed by atoms with Gasteiger partial charge >= 0.3 is 0 Å². The van der Waals surface area contributed by atoms with Gasteiger partial charge in [-0.2, -0.15) is 0 Å². The fourth-order valence-electron chi connectivity index (χ4n) is 1.80. The number of benzene rings is 2. The summed E-state index contributed by atoms with van der Waals surface area (Å²) in [5.74, 6) is 0. The Balaban J connectivity index is 1.88. The minimum absolute atomic E-state index is 0.773. The molecule has 2 heteroatoms. The highest BCUT2D eigenvalue weighted by molar-refractivity contribution is 6.30. The first-order chi connectivity index (χ1) is 8.25. The van der Waals surface area contributed by atoms with Gasteiger partial charge in [-0.15, -0.1) is 0 Å². The number of rotatable bonds is 4. The van der Waals surface area contributed by atoms with E-state index >= 15 is 0 Å². The summed E-state index contributed by atoms with van der Waals surface area (Å²) in [6.45, 7) is 3.09. The topological polar surface area (TPSA) is 12.0 Å². The number of hydrogen-bond acceptors (Lipinski definition) is 1. The first-order valence-electron chi connectivity index (χ1n) is 5.79. The van der Waals surface area contributed by atoms with E-state index in [4.69, 9.17) is 11.6 Å². The first kappa shape index (κ1) is 12.0.